The Morgan fingerprint density at radius 2 is 1.89 bits per heavy atom. The molecule has 6 heteroatoms. The fourth-order valence-corrected chi connectivity index (χ4v) is 1.33. The van der Waals surface area contributed by atoms with Crippen LogP contribution in [0.2, 0.25) is 5.02 Å². The highest BCUT2D eigenvalue weighted by Crippen LogP contribution is 2.22. The summed E-state index contributed by atoms with van der Waals surface area (Å²) in [6.07, 6.45) is -0.753. The molecule has 5 nitrogen and oxygen atoms in total. The summed E-state index contributed by atoms with van der Waals surface area (Å²) in [6, 6.07) is 6.68. The van der Waals surface area contributed by atoms with Crippen LogP contribution in [-0.4, -0.2) is 17.1 Å². The van der Waals surface area contributed by atoms with E-state index in [1.807, 2.05) is 0 Å². The molecule has 0 amide bonds. The summed E-state index contributed by atoms with van der Waals surface area (Å²) in [5, 5.41) is 11.2. The van der Waals surface area contributed by atoms with Crippen LogP contribution in [0, 0.1) is 10.1 Å². The van der Waals surface area contributed by atoms with Crippen LogP contribution in [0.3, 0.4) is 0 Å². The van der Waals surface area contributed by atoms with Gasteiger partial charge in [-0.1, -0.05) is 23.7 Å². The standard InChI is InChI=1S/C12H16ClNO4/c1-12(2,3)18-17-11(8-14(15)16)9-4-6-10(13)7-5-9/h4-7,11H,8H2,1-3H3/t11-/m1/s1. The highest BCUT2D eigenvalue weighted by molar-refractivity contribution is 6.30. The maximum absolute atomic E-state index is 10.6. The minimum atomic E-state index is -0.753. The van der Waals surface area contributed by atoms with E-state index in [0.29, 0.717) is 10.6 Å². The Bertz CT molecular complexity index is 400. The van der Waals surface area contributed by atoms with Gasteiger partial charge in [0.1, 0.15) is 0 Å². The molecule has 0 spiro atoms. The zero-order valence-corrected chi connectivity index (χ0v) is 11.3. The average molecular weight is 274 g/mol. The summed E-state index contributed by atoms with van der Waals surface area (Å²) in [6.45, 7) is 5.05. The highest BCUT2D eigenvalue weighted by atomic mass is 35.5. The topological polar surface area (TPSA) is 61.6 Å². The van der Waals surface area contributed by atoms with E-state index in [0.717, 1.165) is 0 Å². The number of hydrogen-bond donors (Lipinski definition) is 0. The zero-order chi connectivity index (χ0) is 13.8. The van der Waals surface area contributed by atoms with Crippen molar-refractivity contribution in [2.24, 2.45) is 0 Å². The number of nitro groups is 1. The number of benzene rings is 1. The van der Waals surface area contributed by atoms with Crippen LogP contribution in [0.15, 0.2) is 24.3 Å². The lowest BCUT2D eigenvalue weighted by Gasteiger charge is -2.21. The molecule has 1 aromatic carbocycles. The van der Waals surface area contributed by atoms with Gasteiger partial charge >= 0.3 is 0 Å². The van der Waals surface area contributed by atoms with E-state index in [-0.39, 0.29) is 6.54 Å². The van der Waals surface area contributed by atoms with Gasteiger partial charge in [-0.15, -0.1) is 0 Å². The molecule has 0 aliphatic carbocycles. The normalized spacial score (nSPS) is 13.3. The maximum Gasteiger partial charge on any atom is 0.237 e. The fraction of sp³-hybridized carbons (Fsp3) is 0.500. The van der Waals surface area contributed by atoms with Crippen LogP contribution in [0.4, 0.5) is 0 Å². The third-order valence-electron chi connectivity index (χ3n) is 1.97. The van der Waals surface area contributed by atoms with E-state index in [2.05, 4.69) is 0 Å². The molecule has 0 aromatic heterocycles. The Hall–Kier alpha value is -1.17. The molecule has 0 radical (unpaired) electrons. The molecule has 18 heavy (non-hydrogen) atoms. The van der Waals surface area contributed by atoms with Crippen LogP contribution in [0.5, 0.6) is 0 Å². The molecule has 0 N–H and O–H groups in total. The summed E-state index contributed by atoms with van der Waals surface area (Å²) in [7, 11) is 0. The van der Waals surface area contributed by atoms with Crippen LogP contribution in [0.1, 0.15) is 32.4 Å². The molecular formula is C12H16ClNO4. The Balaban J connectivity index is 2.77. The van der Waals surface area contributed by atoms with Crippen molar-refractivity contribution in [3.05, 3.63) is 45.0 Å². The molecule has 0 aliphatic heterocycles. The number of hydrogen-bond acceptors (Lipinski definition) is 4. The lowest BCUT2D eigenvalue weighted by Crippen LogP contribution is -2.24. The van der Waals surface area contributed by atoms with Gasteiger partial charge in [0.05, 0.1) is 5.60 Å². The largest absolute Gasteiger partial charge is 0.264 e. The molecule has 1 aromatic rings. The number of halogens is 1. The first kappa shape index (κ1) is 14.9. The first-order chi connectivity index (χ1) is 8.28. The first-order valence-corrected chi connectivity index (χ1v) is 5.87. The molecule has 0 unspecified atom stereocenters. The minimum absolute atomic E-state index is 0.363. The highest BCUT2D eigenvalue weighted by Gasteiger charge is 2.23. The third-order valence-corrected chi connectivity index (χ3v) is 2.22. The zero-order valence-electron chi connectivity index (χ0n) is 10.6. The van der Waals surface area contributed by atoms with Crippen LogP contribution in [0.25, 0.3) is 0 Å². The molecule has 0 aliphatic rings. The van der Waals surface area contributed by atoms with Crippen LogP contribution < -0.4 is 0 Å². The molecule has 0 fully saturated rings. The molecular weight excluding hydrogens is 258 g/mol. The van der Waals surface area contributed by atoms with Crippen molar-refractivity contribution in [2.75, 3.05) is 6.54 Å². The Kier molecular flexibility index (Phi) is 5.07. The summed E-state index contributed by atoms with van der Waals surface area (Å²) in [5.74, 6) is 0. The Morgan fingerprint density at radius 1 is 1.33 bits per heavy atom. The van der Waals surface area contributed by atoms with Crippen molar-refractivity contribution in [2.45, 2.75) is 32.5 Å². The molecule has 1 rings (SSSR count). The predicted octanol–water partition coefficient (Wildman–Crippen LogP) is 3.40. The fourth-order valence-electron chi connectivity index (χ4n) is 1.21. The van der Waals surface area contributed by atoms with Gasteiger partial charge < -0.3 is 0 Å². The van der Waals surface area contributed by atoms with Crippen molar-refractivity contribution in [1.82, 2.24) is 0 Å². The summed E-state index contributed by atoms with van der Waals surface area (Å²) >= 11 is 5.77. The molecule has 0 heterocycles. The third kappa shape index (κ3) is 5.44. The van der Waals surface area contributed by atoms with Gasteiger partial charge in [0.25, 0.3) is 0 Å². The van der Waals surface area contributed by atoms with Gasteiger partial charge in [-0.05, 0) is 38.5 Å². The molecule has 1 atom stereocenters. The van der Waals surface area contributed by atoms with Gasteiger partial charge in [-0.2, -0.15) is 0 Å². The van der Waals surface area contributed by atoms with E-state index in [1.165, 1.54) is 0 Å². The second kappa shape index (κ2) is 6.13. The van der Waals surface area contributed by atoms with Crippen molar-refractivity contribution >= 4 is 11.6 Å². The smallest absolute Gasteiger partial charge is 0.237 e. The van der Waals surface area contributed by atoms with Crippen molar-refractivity contribution in [1.29, 1.82) is 0 Å². The summed E-state index contributed by atoms with van der Waals surface area (Å²) in [4.78, 5) is 20.5. The Labute approximate surface area is 111 Å². The quantitative estimate of drug-likeness (QED) is 0.469. The summed E-state index contributed by atoms with van der Waals surface area (Å²) in [5.41, 5.74) is 0.127. The van der Waals surface area contributed by atoms with E-state index in [9.17, 15) is 10.1 Å². The number of rotatable bonds is 5. The first-order valence-electron chi connectivity index (χ1n) is 5.50. The molecule has 100 valence electrons. The van der Waals surface area contributed by atoms with Gasteiger partial charge in [0, 0.05) is 9.95 Å². The predicted molar refractivity (Wildman–Crippen MR) is 68.0 cm³/mol. The lowest BCUT2D eigenvalue weighted by atomic mass is 10.1. The number of nitrogens with zero attached hydrogens (tertiary/aromatic N) is 1. The van der Waals surface area contributed by atoms with Gasteiger partial charge in [-0.25, -0.2) is 9.78 Å². The molecule has 0 saturated heterocycles. The van der Waals surface area contributed by atoms with Gasteiger partial charge in [-0.3, -0.25) is 10.1 Å². The van der Waals surface area contributed by atoms with Crippen molar-refractivity contribution in [3.8, 4) is 0 Å². The van der Waals surface area contributed by atoms with E-state index >= 15 is 0 Å². The molecule has 0 bridgehead atoms. The minimum Gasteiger partial charge on any atom is -0.264 e. The molecule has 0 saturated carbocycles. The van der Waals surface area contributed by atoms with Crippen LogP contribution >= 0.6 is 11.6 Å². The van der Waals surface area contributed by atoms with Gasteiger partial charge in [0.15, 0.2) is 6.10 Å². The Morgan fingerprint density at radius 3 is 2.33 bits per heavy atom. The maximum atomic E-state index is 10.6. The second-order valence-electron chi connectivity index (χ2n) is 4.85. The monoisotopic (exact) mass is 273 g/mol. The van der Waals surface area contributed by atoms with E-state index in [1.54, 1.807) is 45.0 Å². The lowest BCUT2D eigenvalue weighted by molar-refractivity contribution is -0.513. The van der Waals surface area contributed by atoms with Crippen molar-refractivity contribution < 1.29 is 14.7 Å². The van der Waals surface area contributed by atoms with E-state index in [4.69, 9.17) is 21.4 Å². The van der Waals surface area contributed by atoms with Gasteiger partial charge in [0.2, 0.25) is 6.54 Å². The average Bonchev–Trinajstić information content (AvgIpc) is 2.24. The van der Waals surface area contributed by atoms with E-state index < -0.39 is 16.6 Å². The van der Waals surface area contributed by atoms with Crippen molar-refractivity contribution in [3.63, 3.8) is 0 Å². The summed E-state index contributed by atoms with van der Waals surface area (Å²) < 4.78 is 0. The second-order valence-corrected chi connectivity index (χ2v) is 5.28. The van der Waals surface area contributed by atoms with Crippen LogP contribution in [-0.2, 0) is 9.78 Å². The SMILES string of the molecule is CC(C)(C)OO[C@H](C[N+](=O)[O-])c1ccc(Cl)cc1.